The predicted molar refractivity (Wildman–Crippen MR) is 97.6 cm³/mol. The van der Waals surface area contributed by atoms with Crippen LogP contribution < -0.4 is 20.2 Å². The van der Waals surface area contributed by atoms with Gasteiger partial charge in [0.15, 0.2) is 5.11 Å². The molecule has 8 heteroatoms. The van der Waals surface area contributed by atoms with Crippen LogP contribution in [0.3, 0.4) is 0 Å². The van der Waals surface area contributed by atoms with E-state index in [-0.39, 0.29) is 10.9 Å². The Morgan fingerprint density at radius 2 is 1.80 bits per heavy atom. The molecule has 0 saturated carbocycles. The van der Waals surface area contributed by atoms with E-state index >= 15 is 0 Å². The Balaban J connectivity index is 2.01. The number of halogens is 2. The maximum absolute atomic E-state index is 12.5. The number of hydrogen-bond donors (Lipinski definition) is 2. The normalized spacial score (nSPS) is 11.2. The van der Waals surface area contributed by atoms with Crippen molar-refractivity contribution in [3.05, 3.63) is 54.1 Å². The third-order valence-corrected chi connectivity index (χ3v) is 3.36. The fourth-order valence-electron chi connectivity index (χ4n) is 1.99. The average Bonchev–Trinajstić information content (AvgIpc) is 2.60. The van der Waals surface area contributed by atoms with Gasteiger partial charge in [0.2, 0.25) is 0 Å². The van der Waals surface area contributed by atoms with E-state index in [0.29, 0.717) is 11.3 Å². The van der Waals surface area contributed by atoms with Gasteiger partial charge >= 0.3 is 6.61 Å². The van der Waals surface area contributed by atoms with Crippen molar-refractivity contribution >= 4 is 28.7 Å². The van der Waals surface area contributed by atoms with Crippen LogP contribution in [-0.2, 0) is 0 Å². The van der Waals surface area contributed by atoms with Gasteiger partial charge in [-0.15, -0.1) is 0 Å². The Kier molecular flexibility index (Phi) is 6.64. The first-order chi connectivity index (χ1) is 12.0. The fraction of sp³-hybridized carbons (Fsp3) is 0.176. The molecule has 0 radical (unpaired) electrons. The third-order valence-electron chi connectivity index (χ3n) is 3.17. The standard InChI is InChI=1S/C17H17F2N3O2S/c1-11(14-5-3-4-6-15(14)24-16(18)19)21-22-17(25)20-12-7-9-13(23-2)10-8-12/h3-10,16H,1-2H3,(H2,20,22,25)/b21-11+. The molecule has 0 aliphatic heterocycles. The van der Waals surface area contributed by atoms with E-state index in [1.54, 1.807) is 56.5 Å². The Hall–Kier alpha value is -2.74. The summed E-state index contributed by atoms with van der Waals surface area (Å²) in [5.41, 5.74) is 4.33. The molecule has 0 aliphatic rings. The highest BCUT2D eigenvalue weighted by Crippen LogP contribution is 2.21. The van der Waals surface area contributed by atoms with Crippen LogP contribution >= 0.6 is 12.2 Å². The fourth-order valence-corrected chi connectivity index (χ4v) is 2.16. The van der Waals surface area contributed by atoms with E-state index in [2.05, 4.69) is 20.6 Å². The number of rotatable bonds is 6. The van der Waals surface area contributed by atoms with Crippen LogP contribution in [0, 0.1) is 0 Å². The molecule has 132 valence electrons. The van der Waals surface area contributed by atoms with Crippen LogP contribution in [-0.4, -0.2) is 24.5 Å². The Labute approximate surface area is 149 Å². The third kappa shape index (κ3) is 5.68. The minimum atomic E-state index is -2.90. The van der Waals surface area contributed by atoms with Crippen LogP contribution in [0.1, 0.15) is 12.5 Å². The minimum Gasteiger partial charge on any atom is -0.497 e. The average molecular weight is 365 g/mol. The largest absolute Gasteiger partial charge is 0.497 e. The molecule has 0 spiro atoms. The molecule has 25 heavy (non-hydrogen) atoms. The van der Waals surface area contributed by atoms with Crippen LogP contribution in [0.15, 0.2) is 53.6 Å². The molecule has 0 aromatic heterocycles. The van der Waals surface area contributed by atoms with Crippen molar-refractivity contribution < 1.29 is 18.3 Å². The summed E-state index contributed by atoms with van der Waals surface area (Å²) in [5.74, 6) is 0.781. The highest BCUT2D eigenvalue weighted by molar-refractivity contribution is 7.80. The number of anilines is 1. The highest BCUT2D eigenvalue weighted by Gasteiger charge is 2.11. The number of thiocarbonyl (C=S) groups is 1. The number of benzene rings is 2. The van der Waals surface area contributed by atoms with Gasteiger partial charge in [-0.1, -0.05) is 12.1 Å². The molecule has 2 aromatic rings. The van der Waals surface area contributed by atoms with E-state index in [9.17, 15) is 8.78 Å². The maximum Gasteiger partial charge on any atom is 0.387 e. The van der Waals surface area contributed by atoms with Gasteiger partial charge in [-0.25, -0.2) is 0 Å². The Morgan fingerprint density at radius 3 is 2.44 bits per heavy atom. The van der Waals surface area contributed by atoms with E-state index < -0.39 is 6.61 Å². The predicted octanol–water partition coefficient (Wildman–Crippen LogP) is 4.01. The van der Waals surface area contributed by atoms with Crippen molar-refractivity contribution in [3.8, 4) is 11.5 Å². The zero-order valence-corrected chi connectivity index (χ0v) is 14.4. The number of nitrogens with zero attached hydrogens (tertiary/aromatic N) is 1. The summed E-state index contributed by atoms with van der Waals surface area (Å²) < 4.78 is 34.5. The number of hydrazone groups is 1. The molecule has 5 nitrogen and oxygen atoms in total. The van der Waals surface area contributed by atoms with E-state index in [4.69, 9.17) is 17.0 Å². The number of ether oxygens (including phenoxy) is 2. The molecule has 2 N–H and O–H groups in total. The Morgan fingerprint density at radius 1 is 1.12 bits per heavy atom. The molecular weight excluding hydrogens is 348 g/mol. The first kappa shape index (κ1) is 18.6. The summed E-state index contributed by atoms with van der Waals surface area (Å²) in [6.07, 6.45) is 0. The van der Waals surface area contributed by atoms with Crippen molar-refractivity contribution in [2.45, 2.75) is 13.5 Å². The van der Waals surface area contributed by atoms with Gasteiger partial charge in [0, 0.05) is 11.3 Å². The summed E-state index contributed by atoms with van der Waals surface area (Å²) in [7, 11) is 1.59. The monoisotopic (exact) mass is 365 g/mol. The van der Waals surface area contributed by atoms with Crippen LogP contribution in [0.5, 0.6) is 11.5 Å². The molecule has 0 bridgehead atoms. The van der Waals surface area contributed by atoms with Gasteiger partial charge < -0.3 is 14.8 Å². The second-order valence-corrected chi connectivity index (χ2v) is 5.27. The molecule has 0 saturated heterocycles. The second-order valence-electron chi connectivity index (χ2n) is 4.87. The van der Waals surface area contributed by atoms with Crippen molar-refractivity contribution in [3.63, 3.8) is 0 Å². The SMILES string of the molecule is COc1ccc(NC(=S)N/N=C(\C)c2ccccc2OC(F)F)cc1. The van der Waals surface area contributed by atoms with Crippen molar-refractivity contribution in [2.24, 2.45) is 5.10 Å². The van der Waals surface area contributed by atoms with Crippen LogP contribution in [0.4, 0.5) is 14.5 Å². The highest BCUT2D eigenvalue weighted by atomic mass is 32.1. The van der Waals surface area contributed by atoms with Gasteiger partial charge in [0.05, 0.1) is 12.8 Å². The number of hydrogen-bond acceptors (Lipinski definition) is 4. The lowest BCUT2D eigenvalue weighted by atomic mass is 10.1. The summed E-state index contributed by atoms with van der Waals surface area (Å²) in [4.78, 5) is 0. The topological polar surface area (TPSA) is 54.9 Å². The lowest BCUT2D eigenvalue weighted by Gasteiger charge is -2.11. The minimum absolute atomic E-state index is 0.0505. The first-order valence-electron chi connectivity index (χ1n) is 7.29. The van der Waals surface area contributed by atoms with Gasteiger partial charge in [-0.3, -0.25) is 5.43 Å². The van der Waals surface area contributed by atoms with Crippen molar-refractivity contribution in [2.75, 3.05) is 12.4 Å². The Bertz CT molecular complexity index is 752. The summed E-state index contributed by atoms with van der Waals surface area (Å²) >= 11 is 5.16. The number of methoxy groups -OCH3 is 1. The van der Waals surface area contributed by atoms with Crippen molar-refractivity contribution in [1.29, 1.82) is 0 Å². The molecule has 0 heterocycles. The second kappa shape index (κ2) is 8.93. The number of alkyl halides is 2. The lowest BCUT2D eigenvalue weighted by Crippen LogP contribution is -2.25. The summed E-state index contributed by atoms with van der Waals surface area (Å²) in [6, 6.07) is 13.6. The zero-order valence-electron chi connectivity index (χ0n) is 13.6. The quantitative estimate of drug-likeness (QED) is 0.460. The molecule has 0 aliphatic carbocycles. The molecular formula is C17H17F2N3O2S. The maximum atomic E-state index is 12.5. The zero-order chi connectivity index (χ0) is 18.2. The first-order valence-corrected chi connectivity index (χ1v) is 7.70. The molecule has 0 unspecified atom stereocenters. The van der Waals surface area contributed by atoms with Crippen LogP contribution in [0.2, 0.25) is 0 Å². The van der Waals surface area contributed by atoms with Crippen molar-refractivity contribution in [1.82, 2.24) is 5.43 Å². The number of para-hydroxylation sites is 1. The van der Waals surface area contributed by atoms with E-state index in [0.717, 1.165) is 11.4 Å². The summed E-state index contributed by atoms with van der Waals surface area (Å²) in [5, 5.41) is 7.32. The smallest absolute Gasteiger partial charge is 0.387 e. The molecule has 2 aromatic carbocycles. The molecule has 0 fully saturated rings. The molecule has 2 rings (SSSR count). The van der Waals surface area contributed by atoms with E-state index in [1.165, 1.54) is 6.07 Å². The van der Waals surface area contributed by atoms with Gasteiger partial charge in [0.25, 0.3) is 0 Å². The van der Waals surface area contributed by atoms with Crippen LogP contribution in [0.25, 0.3) is 0 Å². The molecule has 0 atom stereocenters. The summed E-state index contributed by atoms with van der Waals surface area (Å²) in [6.45, 7) is -1.24. The molecule has 0 amide bonds. The lowest BCUT2D eigenvalue weighted by molar-refractivity contribution is -0.0499. The van der Waals surface area contributed by atoms with E-state index in [1.807, 2.05) is 0 Å². The van der Waals surface area contributed by atoms with Gasteiger partial charge in [-0.2, -0.15) is 13.9 Å². The van der Waals surface area contributed by atoms with Gasteiger partial charge in [-0.05, 0) is 55.5 Å². The number of nitrogens with one attached hydrogen (secondary N) is 2. The van der Waals surface area contributed by atoms with Gasteiger partial charge in [0.1, 0.15) is 11.5 Å².